The second kappa shape index (κ2) is 10.3. The number of guanidine groups is 1. The number of rotatable bonds is 6. The van der Waals surface area contributed by atoms with Crippen LogP contribution in [0.3, 0.4) is 0 Å². The number of nitrogens with zero attached hydrogens (tertiary/aromatic N) is 2. The number of carbonyl (C=O) groups is 2. The van der Waals surface area contributed by atoms with Crippen LogP contribution in [-0.4, -0.2) is 56.5 Å². The zero-order chi connectivity index (χ0) is 21.3. The van der Waals surface area contributed by atoms with Crippen molar-refractivity contribution in [3.8, 4) is 5.75 Å². The molecule has 0 unspecified atom stereocenters. The van der Waals surface area contributed by atoms with E-state index < -0.39 is 0 Å². The van der Waals surface area contributed by atoms with Crippen molar-refractivity contribution in [2.24, 2.45) is 4.99 Å². The highest BCUT2D eigenvalue weighted by Crippen LogP contribution is 2.12. The lowest BCUT2D eigenvalue weighted by Crippen LogP contribution is -2.49. The fraction of sp³-hybridized carbons (Fsp3) is 0.318. The summed E-state index contributed by atoms with van der Waals surface area (Å²) in [7, 11) is 3.37. The molecule has 1 saturated heterocycles. The SMILES string of the molecule is CN=C(NCc1ccc(C(=O)N2CCNC(=O)C2)cc1)NCc1cccc(OC)c1. The number of methoxy groups -OCH3 is 1. The Morgan fingerprint density at radius 1 is 1.13 bits per heavy atom. The molecule has 1 fully saturated rings. The highest BCUT2D eigenvalue weighted by Gasteiger charge is 2.22. The summed E-state index contributed by atoms with van der Waals surface area (Å²) in [5, 5.41) is 9.25. The first kappa shape index (κ1) is 21.2. The highest BCUT2D eigenvalue weighted by atomic mass is 16.5. The van der Waals surface area contributed by atoms with Gasteiger partial charge >= 0.3 is 0 Å². The van der Waals surface area contributed by atoms with E-state index in [0.29, 0.717) is 37.7 Å². The van der Waals surface area contributed by atoms with Crippen LogP contribution in [0.1, 0.15) is 21.5 Å². The number of hydrogen-bond donors (Lipinski definition) is 3. The number of aliphatic imine (C=N–C) groups is 1. The molecule has 8 heteroatoms. The minimum Gasteiger partial charge on any atom is -0.497 e. The summed E-state index contributed by atoms with van der Waals surface area (Å²) in [5.41, 5.74) is 2.69. The Bertz CT molecular complexity index is 911. The van der Waals surface area contributed by atoms with E-state index in [1.165, 1.54) is 0 Å². The molecule has 0 radical (unpaired) electrons. The van der Waals surface area contributed by atoms with Crippen molar-refractivity contribution in [1.82, 2.24) is 20.9 Å². The molecule has 3 N–H and O–H groups in total. The van der Waals surface area contributed by atoms with Gasteiger partial charge < -0.3 is 25.6 Å². The van der Waals surface area contributed by atoms with Gasteiger partial charge in [-0.2, -0.15) is 0 Å². The first-order valence-electron chi connectivity index (χ1n) is 9.81. The van der Waals surface area contributed by atoms with Gasteiger partial charge in [0.1, 0.15) is 5.75 Å². The van der Waals surface area contributed by atoms with Crippen LogP contribution in [0.25, 0.3) is 0 Å². The lowest BCUT2D eigenvalue weighted by Gasteiger charge is -2.26. The molecule has 3 rings (SSSR count). The molecule has 30 heavy (non-hydrogen) atoms. The Balaban J connectivity index is 1.50. The van der Waals surface area contributed by atoms with E-state index in [4.69, 9.17) is 4.74 Å². The van der Waals surface area contributed by atoms with E-state index in [-0.39, 0.29) is 18.4 Å². The predicted octanol–water partition coefficient (Wildman–Crippen LogP) is 1.13. The Kier molecular flexibility index (Phi) is 7.26. The third-order valence-corrected chi connectivity index (χ3v) is 4.80. The number of ether oxygens (including phenoxy) is 1. The summed E-state index contributed by atoms with van der Waals surface area (Å²) >= 11 is 0. The van der Waals surface area contributed by atoms with E-state index in [9.17, 15) is 9.59 Å². The molecular formula is C22H27N5O3. The summed E-state index contributed by atoms with van der Waals surface area (Å²) in [6, 6.07) is 15.2. The minimum atomic E-state index is -0.125. The smallest absolute Gasteiger partial charge is 0.254 e. The van der Waals surface area contributed by atoms with Gasteiger partial charge in [0, 0.05) is 38.8 Å². The van der Waals surface area contributed by atoms with Crippen molar-refractivity contribution in [2.75, 3.05) is 33.8 Å². The molecule has 1 aliphatic rings. The normalized spacial score (nSPS) is 14.1. The number of nitrogens with one attached hydrogen (secondary N) is 3. The van der Waals surface area contributed by atoms with Crippen LogP contribution in [0, 0.1) is 0 Å². The monoisotopic (exact) mass is 409 g/mol. The Morgan fingerprint density at radius 2 is 1.87 bits per heavy atom. The van der Waals surface area contributed by atoms with Gasteiger partial charge in [-0.05, 0) is 35.4 Å². The van der Waals surface area contributed by atoms with Crippen LogP contribution in [-0.2, 0) is 17.9 Å². The molecular weight excluding hydrogens is 382 g/mol. The molecule has 0 aromatic heterocycles. The average molecular weight is 409 g/mol. The van der Waals surface area contributed by atoms with Gasteiger partial charge in [0.2, 0.25) is 5.91 Å². The number of carbonyl (C=O) groups excluding carboxylic acids is 2. The second-order valence-electron chi connectivity index (χ2n) is 6.90. The van der Waals surface area contributed by atoms with Crippen molar-refractivity contribution in [2.45, 2.75) is 13.1 Å². The summed E-state index contributed by atoms with van der Waals surface area (Å²) in [6.45, 7) is 2.32. The molecule has 0 bridgehead atoms. The summed E-state index contributed by atoms with van der Waals surface area (Å²) in [6.07, 6.45) is 0. The molecule has 0 saturated carbocycles. The standard InChI is InChI=1S/C22H27N5O3/c1-23-22(26-14-17-4-3-5-19(12-17)30-2)25-13-16-6-8-18(9-7-16)21(29)27-11-10-24-20(28)15-27/h3-9,12H,10-11,13-15H2,1-2H3,(H,24,28)(H2,23,25,26). The van der Waals surface area contributed by atoms with Crippen LogP contribution in [0.4, 0.5) is 0 Å². The molecule has 2 aromatic carbocycles. The lowest BCUT2D eigenvalue weighted by atomic mass is 10.1. The van der Waals surface area contributed by atoms with Crippen LogP contribution in [0.15, 0.2) is 53.5 Å². The molecule has 8 nitrogen and oxygen atoms in total. The maximum atomic E-state index is 12.5. The van der Waals surface area contributed by atoms with Crippen LogP contribution < -0.4 is 20.7 Å². The average Bonchev–Trinajstić information content (AvgIpc) is 2.79. The van der Waals surface area contributed by atoms with Crippen molar-refractivity contribution in [3.05, 3.63) is 65.2 Å². The number of piperazine rings is 1. The van der Waals surface area contributed by atoms with Gasteiger partial charge in [-0.1, -0.05) is 24.3 Å². The van der Waals surface area contributed by atoms with E-state index in [1.54, 1.807) is 31.2 Å². The van der Waals surface area contributed by atoms with Crippen LogP contribution >= 0.6 is 0 Å². The predicted molar refractivity (Wildman–Crippen MR) is 115 cm³/mol. The summed E-state index contributed by atoms with van der Waals surface area (Å²) < 4.78 is 5.24. The van der Waals surface area contributed by atoms with Crippen molar-refractivity contribution < 1.29 is 14.3 Å². The van der Waals surface area contributed by atoms with E-state index in [1.807, 2.05) is 36.4 Å². The summed E-state index contributed by atoms with van der Waals surface area (Å²) in [4.78, 5) is 29.8. The molecule has 2 amide bonds. The molecule has 0 aliphatic carbocycles. The molecule has 0 spiro atoms. The third-order valence-electron chi connectivity index (χ3n) is 4.80. The maximum Gasteiger partial charge on any atom is 0.254 e. The lowest BCUT2D eigenvalue weighted by molar-refractivity contribution is -0.123. The first-order valence-corrected chi connectivity index (χ1v) is 9.81. The zero-order valence-corrected chi connectivity index (χ0v) is 17.3. The van der Waals surface area contributed by atoms with Gasteiger partial charge in [0.15, 0.2) is 5.96 Å². The molecule has 0 atom stereocenters. The van der Waals surface area contributed by atoms with Gasteiger partial charge in [-0.3, -0.25) is 14.6 Å². The highest BCUT2D eigenvalue weighted by molar-refractivity contribution is 5.97. The Labute approximate surface area is 176 Å². The van der Waals surface area contributed by atoms with Gasteiger partial charge in [-0.15, -0.1) is 0 Å². The Hall–Kier alpha value is -3.55. The minimum absolute atomic E-state index is 0.109. The molecule has 2 aromatic rings. The fourth-order valence-corrected chi connectivity index (χ4v) is 3.13. The van der Waals surface area contributed by atoms with E-state index in [2.05, 4.69) is 20.9 Å². The summed E-state index contributed by atoms with van der Waals surface area (Å²) in [5.74, 6) is 1.25. The Morgan fingerprint density at radius 3 is 2.53 bits per heavy atom. The second-order valence-corrected chi connectivity index (χ2v) is 6.90. The number of hydrogen-bond acceptors (Lipinski definition) is 4. The topological polar surface area (TPSA) is 95.1 Å². The van der Waals surface area contributed by atoms with Crippen molar-refractivity contribution >= 4 is 17.8 Å². The maximum absolute atomic E-state index is 12.5. The van der Waals surface area contributed by atoms with Crippen LogP contribution in [0.2, 0.25) is 0 Å². The van der Waals surface area contributed by atoms with Crippen molar-refractivity contribution in [1.29, 1.82) is 0 Å². The third kappa shape index (κ3) is 5.73. The van der Waals surface area contributed by atoms with Crippen LogP contribution in [0.5, 0.6) is 5.75 Å². The van der Waals surface area contributed by atoms with Gasteiger partial charge in [0.25, 0.3) is 5.91 Å². The van der Waals surface area contributed by atoms with E-state index >= 15 is 0 Å². The van der Waals surface area contributed by atoms with Gasteiger partial charge in [-0.25, -0.2) is 0 Å². The van der Waals surface area contributed by atoms with E-state index in [0.717, 1.165) is 16.9 Å². The number of benzene rings is 2. The quantitative estimate of drug-likeness (QED) is 0.491. The zero-order valence-electron chi connectivity index (χ0n) is 17.3. The molecule has 1 aliphatic heterocycles. The molecule has 158 valence electrons. The van der Waals surface area contributed by atoms with Gasteiger partial charge in [0.05, 0.1) is 13.7 Å². The first-order chi connectivity index (χ1) is 14.6. The van der Waals surface area contributed by atoms with Crippen molar-refractivity contribution in [3.63, 3.8) is 0 Å². The number of amides is 2. The molecule has 1 heterocycles. The largest absolute Gasteiger partial charge is 0.497 e. The fourth-order valence-electron chi connectivity index (χ4n) is 3.13.